The van der Waals surface area contributed by atoms with Gasteiger partial charge in [-0.15, -0.1) is 16.4 Å². The molecule has 1 saturated heterocycles. The minimum Gasteiger partial charge on any atom is -0.497 e. The number of aromatic nitrogens is 4. The molecule has 3 heterocycles. The first-order valence-corrected chi connectivity index (χ1v) is 10.6. The Bertz CT molecular complexity index is 1020. The molecule has 4 rings (SSSR count). The Morgan fingerprint density at radius 3 is 2.52 bits per heavy atom. The monoisotopic (exact) mass is 411 g/mol. The Morgan fingerprint density at radius 1 is 1.17 bits per heavy atom. The molecule has 1 aromatic carbocycles. The van der Waals surface area contributed by atoms with E-state index in [4.69, 9.17) is 4.74 Å². The minimum atomic E-state index is 0.0818. The number of thiazole rings is 1. The third-order valence-corrected chi connectivity index (χ3v) is 6.63. The van der Waals surface area contributed by atoms with Crippen LogP contribution in [0.3, 0.4) is 0 Å². The zero-order valence-electron chi connectivity index (χ0n) is 17.2. The number of aryl methyl sites for hydroxylation is 1. The van der Waals surface area contributed by atoms with E-state index in [1.807, 2.05) is 43.0 Å². The second-order valence-electron chi connectivity index (χ2n) is 7.54. The number of rotatable bonds is 4. The van der Waals surface area contributed by atoms with E-state index >= 15 is 0 Å². The number of likely N-dealkylation sites (tertiary alicyclic amines) is 1. The van der Waals surface area contributed by atoms with Gasteiger partial charge in [0, 0.05) is 13.1 Å². The smallest absolute Gasteiger partial charge is 0.265 e. The highest BCUT2D eigenvalue weighted by Gasteiger charge is 2.26. The minimum absolute atomic E-state index is 0.0818. The van der Waals surface area contributed by atoms with Gasteiger partial charge in [0.05, 0.1) is 24.2 Å². The number of nitrogens with zero attached hydrogens (tertiary/aromatic N) is 5. The van der Waals surface area contributed by atoms with Crippen LogP contribution >= 0.6 is 11.3 Å². The molecule has 3 aromatic rings. The van der Waals surface area contributed by atoms with Gasteiger partial charge >= 0.3 is 0 Å². The van der Waals surface area contributed by atoms with Crippen molar-refractivity contribution in [3.05, 3.63) is 40.5 Å². The fraction of sp³-hybridized carbons (Fsp3) is 0.429. The van der Waals surface area contributed by atoms with Crippen molar-refractivity contribution in [3.63, 3.8) is 0 Å². The average molecular weight is 412 g/mol. The standard InChI is InChI=1S/C21H25N5O2S/c1-13-9-11-25(12-10-13)21(27)19-14(2)22-20(29-19)18-15(3)26(24-23-18)16-5-7-17(28-4)8-6-16/h5-8,13H,9-12H2,1-4H3. The summed E-state index contributed by atoms with van der Waals surface area (Å²) in [5, 5.41) is 9.37. The molecule has 7 nitrogen and oxygen atoms in total. The maximum Gasteiger partial charge on any atom is 0.265 e. The number of methoxy groups -OCH3 is 1. The predicted molar refractivity (Wildman–Crippen MR) is 113 cm³/mol. The van der Waals surface area contributed by atoms with Gasteiger partial charge in [-0.1, -0.05) is 12.1 Å². The zero-order valence-corrected chi connectivity index (χ0v) is 18.0. The van der Waals surface area contributed by atoms with Crippen molar-refractivity contribution in [1.82, 2.24) is 24.9 Å². The second kappa shape index (κ2) is 7.94. The summed E-state index contributed by atoms with van der Waals surface area (Å²) in [4.78, 5) is 20.3. The summed E-state index contributed by atoms with van der Waals surface area (Å²) in [5.74, 6) is 1.56. The van der Waals surface area contributed by atoms with Crippen LogP contribution in [0.5, 0.6) is 5.75 Å². The summed E-state index contributed by atoms with van der Waals surface area (Å²) in [7, 11) is 1.64. The summed E-state index contributed by atoms with van der Waals surface area (Å²) in [6.07, 6.45) is 2.12. The van der Waals surface area contributed by atoms with Crippen molar-refractivity contribution in [2.75, 3.05) is 20.2 Å². The van der Waals surface area contributed by atoms with E-state index in [2.05, 4.69) is 22.2 Å². The largest absolute Gasteiger partial charge is 0.497 e. The van der Waals surface area contributed by atoms with Gasteiger partial charge in [0.25, 0.3) is 5.91 Å². The lowest BCUT2D eigenvalue weighted by atomic mass is 9.99. The van der Waals surface area contributed by atoms with E-state index in [0.717, 1.165) is 53.8 Å². The lowest BCUT2D eigenvalue weighted by Crippen LogP contribution is -2.37. The van der Waals surface area contributed by atoms with Crippen molar-refractivity contribution in [2.45, 2.75) is 33.6 Å². The molecule has 0 saturated carbocycles. The highest BCUT2D eigenvalue weighted by Crippen LogP contribution is 2.31. The van der Waals surface area contributed by atoms with Crippen LogP contribution in [0.2, 0.25) is 0 Å². The summed E-state index contributed by atoms with van der Waals surface area (Å²) < 4.78 is 6.99. The maximum absolute atomic E-state index is 13.0. The molecule has 0 radical (unpaired) electrons. The van der Waals surface area contributed by atoms with Crippen LogP contribution in [-0.4, -0.2) is 51.0 Å². The SMILES string of the molecule is COc1ccc(-n2nnc(-c3nc(C)c(C(=O)N4CCC(C)CC4)s3)c2C)cc1. The molecule has 1 aliphatic rings. The van der Waals surface area contributed by atoms with E-state index < -0.39 is 0 Å². The topological polar surface area (TPSA) is 73.1 Å². The van der Waals surface area contributed by atoms with Crippen molar-refractivity contribution in [3.8, 4) is 22.1 Å². The molecule has 0 unspecified atom stereocenters. The molecule has 0 bridgehead atoms. The summed E-state index contributed by atoms with van der Waals surface area (Å²) in [6.45, 7) is 7.73. The van der Waals surface area contributed by atoms with E-state index in [-0.39, 0.29) is 5.91 Å². The molecule has 8 heteroatoms. The summed E-state index contributed by atoms with van der Waals surface area (Å²) >= 11 is 1.41. The number of amides is 1. The van der Waals surface area contributed by atoms with Gasteiger partial charge in [-0.05, 0) is 56.9 Å². The molecular weight excluding hydrogens is 386 g/mol. The quantitative estimate of drug-likeness (QED) is 0.651. The number of ether oxygens (including phenoxy) is 1. The summed E-state index contributed by atoms with van der Waals surface area (Å²) in [5.41, 5.74) is 3.25. The highest BCUT2D eigenvalue weighted by atomic mass is 32.1. The van der Waals surface area contributed by atoms with Gasteiger partial charge in [-0.2, -0.15) is 0 Å². The Balaban J connectivity index is 1.60. The van der Waals surface area contributed by atoms with Gasteiger partial charge in [-0.25, -0.2) is 9.67 Å². The molecule has 2 aromatic heterocycles. The van der Waals surface area contributed by atoms with Crippen LogP contribution in [0.1, 0.15) is 40.8 Å². The lowest BCUT2D eigenvalue weighted by molar-refractivity contribution is 0.0701. The third-order valence-electron chi connectivity index (χ3n) is 5.48. The van der Waals surface area contributed by atoms with E-state index in [9.17, 15) is 4.79 Å². The van der Waals surface area contributed by atoms with Crippen LogP contribution in [0.15, 0.2) is 24.3 Å². The van der Waals surface area contributed by atoms with Crippen LogP contribution in [-0.2, 0) is 0 Å². The Hall–Kier alpha value is -2.74. The lowest BCUT2D eigenvalue weighted by Gasteiger charge is -2.30. The molecule has 0 atom stereocenters. The normalized spacial score (nSPS) is 15.0. The first-order valence-electron chi connectivity index (χ1n) is 9.81. The van der Waals surface area contributed by atoms with Gasteiger partial charge in [0.1, 0.15) is 21.3 Å². The molecule has 1 amide bonds. The molecule has 1 fully saturated rings. The first kappa shape index (κ1) is 19.6. The molecule has 0 N–H and O–H groups in total. The van der Waals surface area contributed by atoms with E-state index in [1.165, 1.54) is 11.3 Å². The number of hydrogen-bond donors (Lipinski definition) is 0. The fourth-order valence-electron chi connectivity index (χ4n) is 3.55. The Kier molecular flexibility index (Phi) is 5.36. The average Bonchev–Trinajstić information content (AvgIpc) is 3.30. The van der Waals surface area contributed by atoms with Crippen molar-refractivity contribution >= 4 is 17.2 Å². The number of benzene rings is 1. The summed E-state index contributed by atoms with van der Waals surface area (Å²) in [6, 6.07) is 7.65. The highest BCUT2D eigenvalue weighted by molar-refractivity contribution is 7.17. The van der Waals surface area contributed by atoms with Crippen molar-refractivity contribution in [1.29, 1.82) is 0 Å². The number of carbonyl (C=O) groups is 1. The maximum atomic E-state index is 13.0. The molecule has 29 heavy (non-hydrogen) atoms. The molecule has 0 aliphatic carbocycles. The molecule has 1 aliphatic heterocycles. The van der Waals surface area contributed by atoms with Gasteiger partial charge in [-0.3, -0.25) is 4.79 Å². The fourth-order valence-corrected chi connectivity index (χ4v) is 4.62. The van der Waals surface area contributed by atoms with Gasteiger partial charge in [0.2, 0.25) is 0 Å². The first-order chi connectivity index (χ1) is 14.0. The van der Waals surface area contributed by atoms with E-state index in [0.29, 0.717) is 16.5 Å². The number of carbonyl (C=O) groups excluding carboxylic acids is 1. The molecular formula is C21H25N5O2S. The van der Waals surface area contributed by atoms with Crippen molar-refractivity contribution < 1.29 is 9.53 Å². The molecule has 0 spiro atoms. The predicted octanol–water partition coefficient (Wildman–Crippen LogP) is 3.89. The van der Waals surface area contributed by atoms with Crippen LogP contribution in [0, 0.1) is 19.8 Å². The Morgan fingerprint density at radius 2 is 1.86 bits per heavy atom. The Labute approximate surface area is 174 Å². The van der Waals surface area contributed by atoms with Gasteiger partial charge < -0.3 is 9.64 Å². The number of hydrogen-bond acceptors (Lipinski definition) is 6. The molecule has 152 valence electrons. The van der Waals surface area contributed by atoms with Crippen LogP contribution in [0.25, 0.3) is 16.4 Å². The number of piperidine rings is 1. The zero-order chi connectivity index (χ0) is 20.5. The van der Waals surface area contributed by atoms with E-state index in [1.54, 1.807) is 11.8 Å². The second-order valence-corrected chi connectivity index (χ2v) is 8.54. The van der Waals surface area contributed by atoms with Crippen molar-refractivity contribution in [2.24, 2.45) is 5.92 Å². The van der Waals surface area contributed by atoms with Crippen LogP contribution < -0.4 is 4.74 Å². The van der Waals surface area contributed by atoms with Crippen LogP contribution in [0.4, 0.5) is 0 Å². The third kappa shape index (κ3) is 3.76. The van der Waals surface area contributed by atoms with Gasteiger partial charge in [0.15, 0.2) is 0 Å².